The van der Waals surface area contributed by atoms with Gasteiger partial charge in [-0.1, -0.05) is 13.8 Å². The van der Waals surface area contributed by atoms with Crippen LogP contribution in [0.5, 0.6) is 0 Å². The summed E-state index contributed by atoms with van der Waals surface area (Å²) in [4.78, 5) is 0. The Balaban J connectivity index is 3.61. The van der Waals surface area contributed by atoms with E-state index in [0.717, 1.165) is 12.8 Å². The van der Waals surface area contributed by atoms with Crippen LogP contribution in [-0.4, -0.2) is 26.2 Å². The largest absolute Gasteiger partial charge is 0.294 e. The normalized spacial score (nSPS) is 14.0. The van der Waals surface area contributed by atoms with Gasteiger partial charge in [-0.2, -0.15) is 0 Å². The van der Waals surface area contributed by atoms with Gasteiger partial charge in [0.25, 0.3) is 0 Å². The Morgan fingerprint density at radius 1 is 1.30 bits per heavy atom. The third-order valence-corrected chi connectivity index (χ3v) is 1.97. The molecule has 0 heterocycles. The summed E-state index contributed by atoms with van der Waals surface area (Å²) >= 11 is -1.77. The molecule has 0 radical (unpaired) electrons. The van der Waals surface area contributed by atoms with Crippen LogP contribution in [0.3, 0.4) is 0 Å². The molecule has 0 saturated carbocycles. The third kappa shape index (κ3) is 3.98. The SMILES string of the molecule is CCCN(CCC)S(=O)O. The number of hydrogen-bond acceptors (Lipinski definition) is 1. The smallest absolute Gasteiger partial charge is 0.234 e. The second kappa shape index (κ2) is 5.82. The van der Waals surface area contributed by atoms with Crippen molar-refractivity contribution >= 4 is 11.3 Å². The minimum Gasteiger partial charge on any atom is -0.294 e. The van der Waals surface area contributed by atoms with E-state index >= 15 is 0 Å². The van der Waals surface area contributed by atoms with Gasteiger partial charge in [0.15, 0.2) is 0 Å². The van der Waals surface area contributed by atoms with Crippen LogP contribution < -0.4 is 0 Å². The second-order valence-electron chi connectivity index (χ2n) is 2.16. The summed E-state index contributed by atoms with van der Waals surface area (Å²) in [6.07, 6.45) is 1.85. The molecule has 0 aliphatic carbocycles. The predicted octanol–water partition coefficient (Wildman–Crippen LogP) is 1.25. The molecular weight excluding hydrogens is 150 g/mol. The second-order valence-corrected chi connectivity index (χ2v) is 3.14. The average molecular weight is 165 g/mol. The zero-order chi connectivity index (χ0) is 7.98. The van der Waals surface area contributed by atoms with Crippen molar-refractivity contribution in [2.24, 2.45) is 0 Å². The first-order valence-corrected chi connectivity index (χ1v) is 4.64. The fraction of sp³-hybridized carbons (Fsp3) is 1.00. The lowest BCUT2D eigenvalue weighted by Gasteiger charge is -2.14. The Kier molecular flexibility index (Phi) is 5.87. The molecule has 0 spiro atoms. The Morgan fingerprint density at radius 3 is 1.90 bits per heavy atom. The summed E-state index contributed by atoms with van der Waals surface area (Å²) < 4.78 is 20.7. The fourth-order valence-corrected chi connectivity index (χ4v) is 1.44. The van der Waals surface area contributed by atoms with E-state index in [1.54, 1.807) is 4.31 Å². The highest BCUT2D eigenvalue weighted by Crippen LogP contribution is 1.95. The van der Waals surface area contributed by atoms with Crippen LogP contribution in [0.4, 0.5) is 0 Å². The molecule has 0 bridgehead atoms. The first kappa shape index (κ1) is 10.1. The molecule has 0 aliphatic heterocycles. The molecule has 1 N–H and O–H groups in total. The molecule has 62 valence electrons. The van der Waals surface area contributed by atoms with Crippen LogP contribution in [-0.2, 0) is 11.3 Å². The number of hydrogen-bond donors (Lipinski definition) is 1. The van der Waals surface area contributed by atoms with Crippen LogP contribution in [0.15, 0.2) is 0 Å². The summed E-state index contributed by atoms with van der Waals surface area (Å²) in [5.41, 5.74) is 0. The van der Waals surface area contributed by atoms with E-state index < -0.39 is 11.3 Å². The molecule has 0 aromatic carbocycles. The van der Waals surface area contributed by atoms with E-state index in [-0.39, 0.29) is 0 Å². The Morgan fingerprint density at radius 2 is 1.70 bits per heavy atom. The van der Waals surface area contributed by atoms with Crippen LogP contribution in [0.2, 0.25) is 0 Å². The van der Waals surface area contributed by atoms with Crippen molar-refractivity contribution in [3.63, 3.8) is 0 Å². The highest BCUT2D eigenvalue weighted by atomic mass is 32.2. The Bertz CT molecular complexity index is 102. The van der Waals surface area contributed by atoms with Gasteiger partial charge < -0.3 is 0 Å². The number of nitrogens with zero attached hydrogens (tertiary/aromatic N) is 1. The van der Waals surface area contributed by atoms with Crippen molar-refractivity contribution in [1.29, 1.82) is 0 Å². The molecule has 1 unspecified atom stereocenters. The van der Waals surface area contributed by atoms with Crippen molar-refractivity contribution in [1.82, 2.24) is 4.31 Å². The van der Waals surface area contributed by atoms with Crippen molar-refractivity contribution < 1.29 is 8.76 Å². The van der Waals surface area contributed by atoms with Gasteiger partial charge in [-0.3, -0.25) is 4.55 Å². The Labute approximate surface area is 64.8 Å². The lowest BCUT2D eigenvalue weighted by molar-refractivity contribution is 0.395. The number of rotatable bonds is 5. The van der Waals surface area contributed by atoms with E-state index in [9.17, 15) is 4.21 Å². The topological polar surface area (TPSA) is 40.5 Å². The van der Waals surface area contributed by atoms with E-state index in [1.165, 1.54) is 0 Å². The lowest BCUT2D eigenvalue weighted by Crippen LogP contribution is -2.27. The molecule has 10 heavy (non-hydrogen) atoms. The van der Waals surface area contributed by atoms with Crippen LogP contribution in [0.1, 0.15) is 26.7 Å². The van der Waals surface area contributed by atoms with Crippen LogP contribution in [0, 0.1) is 0 Å². The first-order valence-electron chi connectivity index (χ1n) is 3.58. The zero-order valence-electron chi connectivity index (χ0n) is 6.54. The van der Waals surface area contributed by atoms with Gasteiger partial charge in [-0.25, -0.2) is 8.51 Å². The summed E-state index contributed by atoms with van der Waals surface area (Å²) in [6, 6.07) is 0. The summed E-state index contributed by atoms with van der Waals surface area (Å²) in [5.74, 6) is 0. The van der Waals surface area contributed by atoms with E-state index in [2.05, 4.69) is 0 Å². The van der Waals surface area contributed by atoms with Gasteiger partial charge in [0.05, 0.1) is 0 Å². The van der Waals surface area contributed by atoms with Gasteiger partial charge in [-0.05, 0) is 12.8 Å². The highest BCUT2D eigenvalue weighted by Gasteiger charge is 2.06. The van der Waals surface area contributed by atoms with Gasteiger partial charge in [0, 0.05) is 13.1 Å². The molecule has 0 aromatic heterocycles. The quantitative estimate of drug-likeness (QED) is 0.623. The molecule has 0 amide bonds. The zero-order valence-corrected chi connectivity index (χ0v) is 7.36. The first-order chi connectivity index (χ1) is 4.72. The van der Waals surface area contributed by atoms with E-state index in [4.69, 9.17) is 4.55 Å². The maximum absolute atomic E-state index is 10.5. The maximum atomic E-state index is 10.5. The minimum atomic E-state index is -1.77. The standard InChI is InChI=1S/C6H15NO2S/c1-3-5-7(6-4-2)10(8)9/h3-6H2,1-2H3,(H,8,9). The van der Waals surface area contributed by atoms with Gasteiger partial charge in [-0.15, -0.1) is 0 Å². The van der Waals surface area contributed by atoms with Crippen molar-refractivity contribution in [3.05, 3.63) is 0 Å². The van der Waals surface area contributed by atoms with Gasteiger partial charge in [0.1, 0.15) is 0 Å². The molecule has 0 rings (SSSR count). The third-order valence-electron chi connectivity index (χ3n) is 1.17. The van der Waals surface area contributed by atoms with Crippen molar-refractivity contribution in [3.8, 4) is 0 Å². The van der Waals surface area contributed by atoms with Gasteiger partial charge in [0.2, 0.25) is 11.3 Å². The molecule has 0 aliphatic rings. The average Bonchev–Trinajstić information content (AvgIpc) is 1.87. The summed E-state index contributed by atoms with van der Waals surface area (Å²) in [5, 5.41) is 0. The molecule has 4 heteroatoms. The Hall–Kier alpha value is 0.0700. The van der Waals surface area contributed by atoms with Gasteiger partial charge >= 0.3 is 0 Å². The molecular formula is C6H15NO2S. The lowest BCUT2D eigenvalue weighted by atomic mass is 10.4. The van der Waals surface area contributed by atoms with E-state index in [0.29, 0.717) is 13.1 Å². The van der Waals surface area contributed by atoms with Crippen molar-refractivity contribution in [2.45, 2.75) is 26.7 Å². The predicted molar refractivity (Wildman–Crippen MR) is 42.9 cm³/mol. The molecule has 0 aromatic rings. The van der Waals surface area contributed by atoms with E-state index in [1.807, 2.05) is 13.8 Å². The molecule has 0 saturated heterocycles. The summed E-state index contributed by atoms with van der Waals surface area (Å²) in [7, 11) is 0. The molecule has 1 atom stereocenters. The van der Waals surface area contributed by atoms with Crippen molar-refractivity contribution in [2.75, 3.05) is 13.1 Å². The summed E-state index contributed by atoms with van der Waals surface area (Å²) in [6.45, 7) is 5.40. The monoisotopic (exact) mass is 165 g/mol. The highest BCUT2D eigenvalue weighted by molar-refractivity contribution is 7.76. The molecule has 0 fully saturated rings. The van der Waals surface area contributed by atoms with Crippen LogP contribution >= 0.6 is 0 Å². The van der Waals surface area contributed by atoms with Crippen LogP contribution in [0.25, 0.3) is 0 Å². The molecule has 3 nitrogen and oxygen atoms in total. The minimum absolute atomic E-state index is 0.705. The fourth-order valence-electron chi connectivity index (χ4n) is 0.767. The maximum Gasteiger partial charge on any atom is 0.234 e.